The summed E-state index contributed by atoms with van der Waals surface area (Å²) in [6.07, 6.45) is 1.60. The second kappa shape index (κ2) is 5.56. The highest BCUT2D eigenvalue weighted by molar-refractivity contribution is 5.52. The van der Waals surface area contributed by atoms with E-state index in [2.05, 4.69) is 9.88 Å². The van der Waals surface area contributed by atoms with Gasteiger partial charge >= 0.3 is 0 Å². The highest BCUT2D eigenvalue weighted by Crippen LogP contribution is 2.44. The Morgan fingerprint density at radius 2 is 2.00 bits per heavy atom. The number of aromatic nitrogens is 1. The quantitative estimate of drug-likeness (QED) is 0.880. The van der Waals surface area contributed by atoms with Crippen molar-refractivity contribution in [1.29, 1.82) is 0 Å². The Bertz CT molecular complexity index is 806. The minimum Gasteiger partial charge on any atom is -0.504 e. The number of methoxy groups -OCH3 is 2. The second-order valence-electron chi connectivity index (χ2n) is 6.25. The molecule has 6 nitrogen and oxygen atoms in total. The number of phenols is 1. The Balaban J connectivity index is 1.77. The van der Waals surface area contributed by atoms with Gasteiger partial charge < -0.3 is 19.7 Å². The molecule has 0 bridgehead atoms. The van der Waals surface area contributed by atoms with Crippen LogP contribution in [-0.4, -0.2) is 40.9 Å². The van der Waals surface area contributed by atoms with Gasteiger partial charge in [0.25, 0.3) is 5.88 Å². The van der Waals surface area contributed by atoms with Gasteiger partial charge in [0, 0.05) is 31.1 Å². The number of rotatable bonds is 2. The van der Waals surface area contributed by atoms with Crippen LogP contribution in [0.3, 0.4) is 0 Å². The van der Waals surface area contributed by atoms with Gasteiger partial charge in [0.15, 0.2) is 17.2 Å². The summed E-state index contributed by atoms with van der Waals surface area (Å²) in [5.41, 5.74) is 4.24. The Morgan fingerprint density at radius 1 is 1.17 bits per heavy atom. The van der Waals surface area contributed by atoms with E-state index < -0.39 is 0 Å². The Hall–Kier alpha value is -2.47. The summed E-state index contributed by atoms with van der Waals surface area (Å²) in [5.74, 6) is 1.10. The van der Waals surface area contributed by atoms with Crippen LogP contribution < -0.4 is 9.47 Å². The van der Waals surface area contributed by atoms with Crippen LogP contribution in [0.15, 0.2) is 18.2 Å². The number of nitrogens with zero attached hydrogens (tertiary/aromatic N) is 2. The van der Waals surface area contributed by atoms with E-state index in [1.54, 1.807) is 19.2 Å². The van der Waals surface area contributed by atoms with Crippen molar-refractivity contribution in [1.82, 2.24) is 9.88 Å². The molecule has 0 aliphatic carbocycles. The highest BCUT2D eigenvalue weighted by Gasteiger charge is 2.35. The molecule has 126 valence electrons. The van der Waals surface area contributed by atoms with Gasteiger partial charge in [-0.1, -0.05) is 6.07 Å². The predicted molar refractivity (Wildman–Crippen MR) is 87.7 cm³/mol. The van der Waals surface area contributed by atoms with Crippen LogP contribution in [0, 0.1) is 0 Å². The topological polar surface area (TPSA) is 75.0 Å². The number of ether oxygens (including phenoxy) is 2. The molecule has 2 aliphatic rings. The molecule has 1 atom stereocenters. The molecular formula is C18H20N2O4. The lowest BCUT2D eigenvalue weighted by molar-refractivity contribution is 0.155. The summed E-state index contributed by atoms with van der Waals surface area (Å²) in [4.78, 5) is 6.81. The summed E-state index contributed by atoms with van der Waals surface area (Å²) in [7, 11) is 3.10. The third-order valence-electron chi connectivity index (χ3n) is 5.03. The largest absolute Gasteiger partial charge is 0.504 e. The fraction of sp³-hybridized carbons (Fsp3) is 0.389. The van der Waals surface area contributed by atoms with Crippen molar-refractivity contribution in [3.63, 3.8) is 0 Å². The zero-order valence-electron chi connectivity index (χ0n) is 13.7. The lowest BCUT2D eigenvalue weighted by atomic mass is 9.85. The first-order valence-electron chi connectivity index (χ1n) is 8.01. The zero-order valence-corrected chi connectivity index (χ0v) is 13.7. The van der Waals surface area contributed by atoms with E-state index in [-0.39, 0.29) is 23.4 Å². The van der Waals surface area contributed by atoms with Gasteiger partial charge in [0.05, 0.1) is 19.9 Å². The van der Waals surface area contributed by atoms with E-state index in [1.807, 2.05) is 6.07 Å². The molecule has 0 spiro atoms. The standard InChI is InChI=1S/C18H20N2O4/c1-23-17-12-9-20-6-5-13-11(8-16(22)18(19-13)24-2)14(20)7-10(12)3-4-15(17)21/h3-4,8,14,21-22H,5-7,9H2,1-2H3. The second-order valence-corrected chi connectivity index (χ2v) is 6.25. The van der Waals surface area contributed by atoms with Crippen molar-refractivity contribution in [2.75, 3.05) is 20.8 Å². The number of benzene rings is 1. The first-order valence-corrected chi connectivity index (χ1v) is 8.01. The van der Waals surface area contributed by atoms with Crippen LogP contribution in [0.4, 0.5) is 0 Å². The molecule has 2 aromatic rings. The first kappa shape index (κ1) is 15.1. The Morgan fingerprint density at radius 3 is 2.75 bits per heavy atom. The summed E-state index contributed by atoms with van der Waals surface area (Å²) in [6.45, 7) is 1.58. The monoisotopic (exact) mass is 328 g/mol. The van der Waals surface area contributed by atoms with Crippen molar-refractivity contribution < 1.29 is 19.7 Å². The van der Waals surface area contributed by atoms with Crippen molar-refractivity contribution in [2.45, 2.75) is 25.4 Å². The van der Waals surface area contributed by atoms with Crippen LogP contribution in [0.5, 0.6) is 23.1 Å². The summed E-state index contributed by atoms with van der Waals surface area (Å²) < 4.78 is 10.5. The highest BCUT2D eigenvalue weighted by atomic mass is 16.5. The lowest BCUT2D eigenvalue weighted by Gasteiger charge is -2.41. The van der Waals surface area contributed by atoms with E-state index in [0.29, 0.717) is 12.3 Å². The molecule has 6 heteroatoms. The van der Waals surface area contributed by atoms with E-state index in [4.69, 9.17) is 9.47 Å². The molecule has 3 heterocycles. The average molecular weight is 328 g/mol. The van der Waals surface area contributed by atoms with E-state index in [1.165, 1.54) is 7.11 Å². The van der Waals surface area contributed by atoms with E-state index >= 15 is 0 Å². The summed E-state index contributed by atoms with van der Waals surface area (Å²) in [6, 6.07) is 5.58. The molecule has 2 N–H and O–H groups in total. The molecule has 0 fully saturated rings. The molecule has 0 radical (unpaired) electrons. The summed E-state index contributed by atoms with van der Waals surface area (Å²) >= 11 is 0. The van der Waals surface area contributed by atoms with Crippen molar-refractivity contribution in [3.05, 3.63) is 40.6 Å². The molecule has 1 aromatic carbocycles. The van der Waals surface area contributed by atoms with Gasteiger partial charge in [-0.2, -0.15) is 0 Å². The molecular weight excluding hydrogens is 308 g/mol. The molecule has 4 rings (SSSR count). The number of hydrogen-bond donors (Lipinski definition) is 2. The molecule has 0 saturated heterocycles. The van der Waals surface area contributed by atoms with Crippen LogP contribution in [0.2, 0.25) is 0 Å². The normalized spacial score (nSPS) is 19.2. The third kappa shape index (κ3) is 2.17. The number of fused-ring (bicyclic) bond motifs is 4. The number of phenolic OH excluding ortho intramolecular Hbond substituents is 1. The number of pyridine rings is 1. The van der Waals surface area contributed by atoms with Crippen LogP contribution in [0.1, 0.15) is 28.4 Å². The van der Waals surface area contributed by atoms with Gasteiger partial charge in [0.1, 0.15) is 0 Å². The number of aromatic hydroxyl groups is 2. The van der Waals surface area contributed by atoms with E-state index in [9.17, 15) is 10.2 Å². The van der Waals surface area contributed by atoms with Gasteiger partial charge in [0.2, 0.25) is 0 Å². The molecule has 24 heavy (non-hydrogen) atoms. The van der Waals surface area contributed by atoms with Gasteiger partial charge in [-0.25, -0.2) is 4.98 Å². The van der Waals surface area contributed by atoms with Crippen molar-refractivity contribution in [2.24, 2.45) is 0 Å². The Kier molecular flexibility index (Phi) is 3.49. The SMILES string of the molecule is COc1nc2c(cc1O)C1Cc3ccc(O)c(OC)c3CN1CC2. The first-order chi connectivity index (χ1) is 11.6. The van der Waals surface area contributed by atoms with Crippen molar-refractivity contribution >= 4 is 0 Å². The van der Waals surface area contributed by atoms with Gasteiger partial charge in [-0.3, -0.25) is 4.90 Å². The summed E-state index contributed by atoms with van der Waals surface area (Å²) in [5, 5.41) is 20.1. The zero-order chi connectivity index (χ0) is 16.8. The maximum Gasteiger partial charge on any atom is 0.256 e. The minimum absolute atomic E-state index is 0.0761. The van der Waals surface area contributed by atoms with Crippen LogP contribution in [0.25, 0.3) is 0 Å². The van der Waals surface area contributed by atoms with Crippen molar-refractivity contribution in [3.8, 4) is 23.1 Å². The molecule has 2 aliphatic heterocycles. The third-order valence-corrected chi connectivity index (χ3v) is 5.03. The molecule has 1 aromatic heterocycles. The van der Waals surface area contributed by atoms with Gasteiger partial charge in [-0.15, -0.1) is 0 Å². The maximum absolute atomic E-state index is 10.1. The lowest BCUT2D eigenvalue weighted by Crippen LogP contribution is -2.39. The fourth-order valence-electron chi connectivity index (χ4n) is 3.87. The minimum atomic E-state index is 0.0761. The predicted octanol–water partition coefficient (Wildman–Crippen LogP) is 2.17. The van der Waals surface area contributed by atoms with Crippen LogP contribution in [-0.2, 0) is 19.4 Å². The van der Waals surface area contributed by atoms with Crippen LogP contribution >= 0.6 is 0 Å². The number of hydrogen-bond acceptors (Lipinski definition) is 6. The smallest absolute Gasteiger partial charge is 0.256 e. The van der Waals surface area contributed by atoms with E-state index in [0.717, 1.165) is 41.8 Å². The maximum atomic E-state index is 10.1. The average Bonchev–Trinajstić information content (AvgIpc) is 2.59. The molecule has 0 amide bonds. The van der Waals surface area contributed by atoms with Gasteiger partial charge in [-0.05, 0) is 29.7 Å². The fourth-order valence-corrected chi connectivity index (χ4v) is 3.87. The molecule has 1 unspecified atom stereocenters. The Labute approximate surface area is 140 Å². The molecule has 0 saturated carbocycles.